The van der Waals surface area contributed by atoms with Crippen LogP contribution in [0, 0.1) is 0 Å². The van der Waals surface area contributed by atoms with E-state index in [0.29, 0.717) is 30.0 Å². The summed E-state index contributed by atoms with van der Waals surface area (Å²) in [7, 11) is 0. The van der Waals surface area contributed by atoms with Crippen LogP contribution in [0.4, 0.5) is 5.69 Å². The smallest absolute Gasteiger partial charge is 0.252 e. The van der Waals surface area contributed by atoms with Crippen LogP contribution in [-0.2, 0) is 16.0 Å². The number of Topliss-reactive ketones (excluding diaryl/α,β-unsaturated/α-hetero) is 1. The Morgan fingerprint density at radius 2 is 1.89 bits per heavy atom. The van der Waals surface area contributed by atoms with Gasteiger partial charge in [0, 0.05) is 29.6 Å². The number of rotatable bonds is 5. The Labute approximate surface area is 215 Å². The lowest BCUT2D eigenvalue weighted by Crippen LogP contribution is -2.29. The second-order valence-electron chi connectivity index (χ2n) is 10.5. The normalized spacial score (nSPS) is 17.8. The summed E-state index contributed by atoms with van der Waals surface area (Å²) in [6.45, 7) is 4.06. The predicted octanol–water partition coefficient (Wildman–Crippen LogP) is 5.28. The van der Waals surface area contributed by atoms with Gasteiger partial charge in [0.2, 0.25) is 5.91 Å². The lowest BCUT2D eigenvalue weighted by molar-refractivity contribution is -0.115. The summed E-state index contributed by atoms with van der Waals surface area (Å²) in [5, 5.41) is 11.4. The number of nitrogens with one attached hydrogen (secondary N) is 2. The van der Waals surface area contributed by atoms with E-state index in [2.05, 4.69) is 21.4 Å². The van der Waals surface area contributed by atoms with Crippen molar-refractivity contribution < 1.29 is 14.4 Å². The van der Waals surface area contributed by atoms with E-state index < -0.39 is 0 Å². The van der Waals surface area contributed by atoms with Gasteiger partial charge in [-0.15, -0.1) is 0 Å². The van der Waals surface area contributed by atoms with Crippen LogP contribution in [0.1, 0.15) is 67.9 Å². The van der Waals surface area contributed by atoms with Crippen molar-refractivity contribution in [1.82, 2.24) is 15.1 Å². The fourth-order valence-electron chi connectivity index (χ4n) is 5.94. The molecular weight excluding hydrogens is 464 g/mol. The van der Waals surface area contributed by atoms with E-state index in [4.69, 9.17) is 5.10 Å². The first-order valence-corrected chi connectivity index (χ1v) is 13.0. The second-order valence-corrected chi connectivity index (χ2v) is 10.5. The molecular formula is C30H30N4O3. The molecule has 1 aliphatic heterocycles. The highest BCUT2D eigenvalue weighted by Crippen LogP contribution is 2.36. The van der Waals surface area contributed by atoms with Crippen LogP contribution in [0.3, 0.4) is 0 Å². The summed E-state index contributed by atoms with van der Waals surface area (Å²) < 4.78 is 2.08. The van der Waals surface area contributed by atoms with Crippen molar-refractivity contribution in [2.75, 3.05) is 11.9 Å². The zero-order valence-electron chi connectivity index (χ0n) is 21.2. The Morgan fingerprint density at radius 1 is 1.08 bits per heavy atom. The molecule has 188 valence electrons. The molecule has 0 bridgehead atoms. The summed E-state index contributed by atoms with van der Waals surface area (Å²) in [4.78, 5) is 38.0. The van der Waals surface area contributed by atoms with E-state index in [1.165, 1.54) is 12.8 Å². The van der Waals surface area contributed by atoms with Gasteiger partial charge in [-0.1, -0.05) is 30.6 Å². The summed E-state index contributed by atoms with van der Waals surface area (Å²) in [6.07, 6.45) is 9.08. The van der Waals surface area contributed by atoms with E-state index in [0.717, 1.165) is 57.3 Å². The maximum atomic E-state index is 13.6. The summed E-state index contributed by atoms with van der Waals surface area (Å²) in [5.74, 6) is -0.170. The highest BCUT2D eigenvalue weighted by molar-refractivity contribution is 6.09. The number of allylic oxidation sites excluding steroid dienone is 3. The van der Waals surface area contributed by atoms with Gasteiger partial charge >= 0.3 is 0 Å². The minimum atomic E-state index is -0.227. The first-order chi connectivity index (χ1) is 17.9. The van der Waals surface area contributed by atoms with Crippen molar-refractivity contribution in [2.45, 2.75) is 58.4 Å². The Morgan fingerprint density at radius 3 is 2.68 bits per heavy atom. The quantitative estimate of drug-likeness (QED) is 0.505. The van der Waals surface area contributed by atoms with Crippen molar-refractivity contribution in [3.8, 4) is 11.1 Å². The van der Waals surface area contributed by atoms with E-state index in [1.807, 2.05) is 44.2 Å². The van der Waals surface area contributed by atoms with E-state index in [-0.39, 0.29) is 24.1 Å². The molecule has 0 atom stereocenters. The average Bonchev–Trinajstić information content (AvgIpc) is 3.60. The Bertz CT molecular complexity index is 1540. The van der Waals surface area contributed by atoms with Gasteiger partial charge < -0.3 is 10.6 Å². The largest absolute Gasteiger partial charge is 0.348 e. The van der Waals surface area contributed by atoms with Gasteiger partial charge in [0.15, 0.2) is 5.78 Å². The highest BCUT2D eigenvalue weighted by atomic mass is 16.2. The molecule has 2 amide bonds. The Kier molecular flexibility index (Phi) is 5.78. The first-order valence-electron chi connectivity index (χ1n) is 13.0. The number of ketones is 1. The number of carbonyl (C=O) groups excluding carboxylic acids is 3. The molecule has 6 rings (SSSR count). The number of benzene rings is 2. The zero-order chi connectivity index (χ0) is 25.7. The molecule has 2 aliphatic carbocycles. The van der Waals surface area contributed by atoms with Crippen molar-refractivity contribution in [3.05, 3.63) is 70.5 Å². The average molecular weight is 495 g/mol. The van der Waals surface area contributed by atoms with Gasteiger partial charge in [-0.2, -0.15) is 5.10 Å². The summed E-state index contributed by atoms with van der Waals surface area (Å²) in [6, 6.07) is 10.3. The first kappa shape index (κ1) is 23.4. The molecule has 0 saturated heterocycles. The number of carbonyl (C=O) groups is 3. The molecule has 0 unspecified atom stereocenters. The lowest BCUT2D eigenvalue weighted by Gasteiger charge is -2.17. The fourth-order valence-corrected chi connectivity index (χ4v) is 5.94. The molecule has 3 aliphatic rings. The van der Waals surface area contributed by atoms with Crippen LogP contribution in [0.25, 0.3) is 22.0 Å². The second kappa shape index (κ2) is 9.14. The number of nitrogens with zero attached hydrogens (tertiary/aromatic N) is 2. The Hall–Kier alpha value is -4.00. The van der Waals surface area contributed by atoms with Crippen molar-refractivity contribution >= 4 is 34.2 Å². The highest BCUT2D eigenvalue weighted by Gasteiger charge is 2.24. The molecule has 0 radical (unpaired) electrons. The number of aromatic nitrogens is 2. The molecule has 2 heterocycles. The monoisotopic (exact) mass is 494 g/mol. The third kappa shape index (κ3) is 4.28. The van der Waals surface area contributed by atoms with Crippen LogP contribution in [-0.4, -0.2) is 33.9 Å². The van der Waals surface area contributed by atoms with Gasteiger partial charge in [-0.25, -0.2) is 0 Å². The Balaban J connectivity index is 1.40. The molecule has 0 spiro atoms. The maximum absolute atomic E-state index is 13.6. The minimum Gasteiger partial charge on any atom is -0.348 e. The van der Waals surface area contributed by atoms with Gasteiger partial charge in [-0.3, -0.25) is 19.1 Å². The van der Waals surface area contributed by atoms with E-state index in [1.54, 1.807) is 6.20 Å². The number of amides is 2. The van der Waals surface area contributed by atoms with Gasteiger partial charge in [0.25, 0.3) is 5.91 Å². The summed E-state index contributed by atoms with van der Waals surface area (Å²) >= 11 is 0. The molecule has 1 fully saturated rings. The molecule has 2 aromatic carbocycles. The van der Waals surface area contributed by atoms with Gasteiger partial charge in [0.1, 0.15) is 0 Å². The summed E-state index contributed by atoms with van der Waals surface area (Å²) in [5.41, 5.74) is 7.74. The lowest BCUT2D eigenvalue weighted by atomic mass is 9.92. The maximum Gasteiger partial charge on any atom is 0.252 e. The number of hydrogen-bond acceptors (Lipinski definition) is 4. The molecule has 7 heteroatoms. The number of anilines is 1. The molecule has 3 aromatic rings. The van der Waals surface area contributed by atoms with Crippen LogP contribution >= 0.6 is 0 Å². The number of fused-ring (bicyclic) bond motifs is 2. The zero-order valence-corrected chi connectivity index (χ0v) is 21.2. The molecule has 2 N–H and O–H groups in total. The van der Waals surface area contributed by atoms with E-state index in [9.17, 15) is 14.4 Å². The number of hydrogen-bond donors (Lipinski definition) is 2. The van der Waals surface area contributed by atoms with Crippen LogP contribution in [0.5, 0.6) is 0 Å². The van der Waals surface area contributed by atoms with Crippen molar-refractivity contribution in [1.29, 1.82) is 0 Å². The van der Waals surface area contributed by atoms with E-state index >= 15 is 0 Å². The third-order valence-corrected chi connectivity index (χ3v) is 7.84. The minimum absolute atomic E-state index is 0.00567. The molecule has 1 aromatic heterocycles. The third-order valence-electron chi connectivity index (χ3n) is 7.84. The van der Waals surface area contributed by atoms with Crippen molar-refractivity contribution in [2.24, 2.45) is 0 Å². The predicted molar refractivity (Wildman–Crippen MR) is 143 cm³/mol. The van der Waals surface area contributed by atoms with Crippen LogP contribution in [0.15, 0.2) is 59.3 Å². The fraction of sp³-hybridized carbons (Fsp3) is 0.333. The molecule has 7 nitrogen and oxygen atoms in total. The van der Waals surface area contributed by atoms with Crippen LogP contribution in [0.2, 0.25) is 0 Å². The van der Waals surface area contributed by atoms with Gasteiger partial charge in [0.05, 0.1) is 29.7 Å². The standard InChI is InChI=1S/C30H30N4O3/c1-17-9-18(2)24(28(35)10-17)15-31-30(37)23-12-20(19-7-8-26-21(11-19)14-29(36)33-26)13-27-25(23)16-32-34(27)22-5-3-4-6-22/h7-9,11-13,16,22H,3-6,10,14-15H2,1-2H3,(H,31,37)(H,33,36). The van der Waals surface area contributed by atoms with Crippen LogP contribution < -0.4 is 10.6 Å². The topological polar surface area (TPSA) is 93.1 Å². The van der Waals surface area contributed by atoms with Crippen molar-refractivity contribution in [3.63, 3.8) is 0 Å². The SMILES string of the molecule is CC1=CC(C)=C(CNC(=O)c2cc(-c3ccc4c(c3)CC(=O)N4)cc3c2cnn3C2CCCC2)C(=O)C1. The molecule has 1 saturated carbocycles. The molecule has 37 heavy (non-hydrogen) atoms. The van der Waals surface area contributed by atoms with Gasteiger partial charge in [-0.05, 0) is 73.2 Å².